The number of carbonyl (C=O) groups excluding carboxylic acids is 2. The first kappa shape index (κ1) is 14.1. The quantitative estimate of drug-likeness (QED) is 0.892. The van der Waals surface area contributed by atoms with E-state index >= 15 is 0 Å². The average molecular weight is 350 g/mol. The number of nitrogens with zero attached hydrogens (tertiary/aromatic N) is 1. The predicted molar refractivity (Wildman–Crippen MR) is 84.1 cm³/mol. The van der Waals surface area contributed by atoms with E-state index in [1.807, 2.05) is 18.2 Å². The van der Waals surface area contributed by atoms with Crippen LogP contribution in [0.4, 0.5) is 0 Å². The van der Waals surface area contributed by atoms with Gasteiger partial charge in [-0.1, -0.05) is 22.0 Å². The van der Waals surface area contributed by atoms with Gasteiger partial charge in [-0.15, -0.1) is 0 Å². The summed E-state index contributed by atoms with van der Waals surface area (Å²) in [6.45, 7) is 1.65. The molecule has 21 heavy (non-hydrogen) atoms. The third kappa shape index (κ3) is 3.10. The molecule has 0 radical (unpaired) electrons. The van der Waals surface area contributed by atoms with Crippen LogP contribution in [0.25, 0.3) is 10.9 Å². The van der Waals surface area contributed by atoms with Crippen molar-refractivity contribution in [3.05, 3.63) is 34.4 Å². The van der Waals surface area contributed by atoms with E-state index in [2.05, 4.69) is 26.2 Å². The minimum absolute atomic E-state index is 0.0142. The molecule has 1 fully saturated rings. The van der Waals surface area contributed by atoms with Crippen LogP contribution in [0.5, 0.6) is 0 Å². The SMILES string of the molecule is O=C(NCC(=O)N1CCCC1)c1cc2ccc(Br)cc2[nH]1. The molecule has 0 atom stereocenters. The van der Waals surface area contributed by atoms with Crippen LogP contribution >= 0.6 is 15.9 Å². The highest BCUT2D eigenvalue weighted by atomic mass is 79.9. The number of hydrogen-bond donors (Lipinski definition) is 2. The number of halogens is 1. The van der Waals surface area contributed by atoms with Crippen molar-refractivity contribution in [3.63, 3.8) is 0 Å². The van der Waals surface area contributed by atoms with E-state index in [0.29, 0.717) is 5.69 Å². The van der Waals surface area contributed by atoms with Crippen LogP contribution in [-0.4, -0.2) is 41.3 Å². The number of nitrogens with one attached hydrogen (secondary N) is 2. The van der Waals surface area contributed by atoms with Crippen LogP contribution in [0, 0.1) is 0 Å². The van der Waals surface area contributed by atoms with Crippen molar-refractivity contribution in [3.8, 4) is 0 Å². The molecule has 2 heterocycles. The summed E-state index contributed by atoms with van der Waals surface area (Å²) < 4.78 is 0.952. The first-order valence-corrected chi connectivity index (χ1v) is 7.77. The minimum atomic E-state index is -0.255. The maximum Gasteiger partial charge on any atom is 0.268 e. The van der Waals surface area contributed by atoms with E-state index in [-0.39, 0.29) is 18.4 Å². The summed E-state index contributed by atoms with van der Waals surface area (Å²) in [5.41, 5.74) is 1.36. The number of aromatic nitrogens is 1. The standard InChI is InChI=1S/C15H16BrN3O2/c16-11-4-3-10-7-13(18-12(10)8-11)15(21)17-9-14(20)19-5-1-2-6-19/h3-4,7-8,18H,1-2,5-6,9H2,(H,17,21). The van der Waals surface area contributed by atoms with Crippen molar-refractivity contribution in [2.24, 2.45) is 0 Å². The van der Waals surface area contributed by atoms with Crippen LogP contribution in [0.3, 0.4) is 0 Å². The Kier molecular flexibility index (Phi) is 3.96. The molecule has 110 valence electrons. The van der Waals surface area contributed by atoms with Crippen LogP contribution in [0.15, 0.2) is 28.7 Å². The number of carbonyl (C=O) groups is 2. The van der Waals surface area contributed by atoms with Gasteiger partial charge in [-0.25, -0.2) is 0 Å². The minimum Gasteiger partial charge on any atom is -0.350 e. The third-order valence-electron chi connectivity index (χ3n) is 3.69. The Bertz CT molecular complexity index is 689. The summed E-state index contributed by atoms with van der Waals surface area (Å²) in [6.07, 6.45) is 2.10. The average Bonchev–Trinajstić information content (AvgIpc) is 3.12. The zero-order valence-corrected chi connectivity index (χ0v) is 13.1. The molecule has 3 rings (SSSR count). The topological polar surface area (TPSA) is 65.2 Å². The van der Waals surface area contributed by atoms with E-state index in [1.165, 1.54) is 0 Å². The van der Waals surface area contributed by atoms with Gasteiger partial charge in [-0.05, 0) is 31.0 Å². The van der Waals surface area contributed by atoms with Gasteiger partial charge in [0.15, 0.2) is 0 Å². The Morgan fingerprint density at radius 1 is 1.24 bits per heavy atom. The lowest BCUT2D eigenvalue weighted by Gasteiger charge is -2.15. The number of likely N-dealkylation sites (tertiary alicyclic amines) is 1. The normalized spacial score (nSPS) is 14.6. The Morgan fingerprint density at radius 3 is 2.76 bits per heavy atom. The van der Waals surface area contributed by atoms with Gasteiger partial charge >= 0.3 is 0 Å². The number of H-pyrrole nitrogens is 1. The molecule has 2 amide bonds. The summed E-state index contributed by atoms with van der Waals surface area (Å²) in [5.74, 6) is -0.269. The largest absolute Gasteiger partial charge is 0.350 e. The van der Waals surface area contributed by atoms with Gasteiger partial charge < -0.3 is 15.2 Å². The second-order valence-electron chi connectivity index (χ2n) is 5.19. The molecule has 0 aliphatic carbocycles. The number of hydrogen-bond acceptors (Lipinski definition) is 2. The van der Waals surface area contributed by atoms with Gasteiger partial charge in [-0.3, -0.25) is 9.59 Å². The molecule has 0 bridgehead atoms. The zero-order valence-electron chi connectivity index (χ0n) is 11.5. The van der Waals surface area contributed by atoms with E-state index in [0.717, 1.165) is 41.3 Å². The van der Waals surface area contributed by atoms with Crippen LogP contribution in [-0.2, 0) is 4.79 Å². The maximum atomic E-state index is 12.1. The van der Waals surface area contributed by atoms with Crippen molar-refractivity contribution >= 4 is 38.6 Å². The molecule has 1 aliphatic heterocycles. The monoisotopic (exact) mass is 349 g/mol. The number of fused-ring (bicyclic) bond motifs is 1. The molecule has 1 aromatic carbocycles. The van der Waals surface area contributed by atoms with E-state index in [9.17, 15) is 9.59 Å². The van der Waals surface area contributed by atoms with Gasteiger partial charge in [0, 0.05) is 28.5 Å². The molecule has 2 aromatic rings. The summed E-state index contributed by atoms with van der Waals surface area (Å²) in [6, 6.07) is 7.57. The molecule has 0 spiro atoms. The van der Waals surface area contributed by atoms with Gasteiger partial charge in [0.2, 0.25) is 5.91 Å². The fraction of sp³-hybridized carbons (Fsp3) is 0.333. The second-order valence-corrected chi connectivity index (χ2v) is 6.10. The predicted octanol–water partition coefficient (Wildman–Crippen LogP) is 2.28. The number of aromatic amines is 1. The lowest BCUT2D eigenvalue weighted by molar-refractivity contribution is -0.129. The van der Waals surface area contributed by atoms with Crippen LogP contribution in [0.2, 0.25) is 0 Å². The molecule has 0 saturated carbocycles. The Morgan fingerprint density at radius 2 is 2.00 bits per heavy atom. The molecule has 1 aromatic heterocycles. The molecular formula is C15H16BrN3O2. The molecule has 0 unspecified atom stereocenters. The number of amides is 2. The van der Waals surface area contributed by atoms with Crippen LogP contribution in [0.1, 0.15) is 23.3 Å². The summed E-state index contributed by atoms with van der Waals surface area (Å²) >= 11 is 3.40. The van der Waals surface area contributed by atoms with Crippen molar-refractivity contribution in [1.82, 2.24) is 15.2 Å². The maximum absolute atomic E-state index is 12.1. The van der Waals surface area contributed by atoms with Gasteiger partial charge in [-0.2, -0.15) is 0 Å². The molecule has 1 saturated heterocycles. The van der Waals surface area contributed by atoms with Crippen molar-refractivity contribution in [2.75, 3.05) is 19.6 Å². The summed E-state index contributed by atoms with van der Waals surface area (Å²) in [4.78, 5) is 28.8. The fourth-order valence-corrected chi connectivity index (χ4v) is 2.91. The summed E-state index contributed by atoms with van der Waals surface area (Å²) in [7, 11) is 0. The van der Waals surface area contributed by atoms with Crippen molar-refractivity contribution in [1.29, 1.82) is 0 Å². The highest BCUT2D eigenvalue weighted by Crippen LogP contribution is 2.20. The molecule has 5 nitrogen and oxygen atoms in total. The van der Waals surface area contributed by atoms with E-state index in [1.54, 1.807) is 11.0 Å². The lowest BCUT2D eigenvalue weighted by atomic mass is 10.2. The molecular weight excluding hydrogens is 334 g/mol. The van der Waals surface area contributed by atoms with E-state index in [4.69, 9.17) is 0 Å². The summed E-state index contributed by atoms with van der Waals surface area (Å²) in [5, 5.41) is 3.64. The third-order valence-corrected chi connectivity index (χ3v) is 4.18. The lowest BCUT2D eigenvalue weighted by Crippen LogP contribution is -2.38. The molecule has 6 heteroatoms. The van der Waals surface area contributed by atoms with E-state index < -0.39 is 0 Å². The second kappa shape index (κ2) is 5.89. The highest BCUT2D eigenvalue weighted by Gasteiger charge is 2.18. The van der Waals surface area contributed by atoms with Crippen molar-refractivity contribution < 1.29 is 9.59 Å². The van der Waals surface area contributed by atoms with Crippen molar-refractivity contribution in [2.45, 2.75) is 12.8 Å². The Labute approximate surface area is 130 Å². The Hall–Kier alpha value is -1.82. The van der Waals surface area contributed by atoms with Gasteiger partial charge in [0.05, 0.1) is 6.54 Å². The highest BCUT2D eigenvalue weighted by molar-refractivity contribution is 9.10. The van der Waals surface area contributed by atoms with Crippen LogP contribution < -0.4 is 5.32 Å². The fourth-order valence-electron chi connectivity index (χ4n) is 2.55. The van der Waals surface area contributed by atoms with Gasteiger partial charge in [0.25, 0.3) is 5.91 Å². The van der Waals surface area contributed by atoms with Gasteiger partial charge in [0.1, 0.15) is 5.69 Å². The smallest absolute Gasteiger partial charge is 0.268 e. The number of rotatable bonds is 3. The molecule has 2 N–H and O–H groups in total. The first-order valence-electron chi connectivity index (χ1n) is 6.98. The molecule has 1 aliphatic rings. The number of benzene rings is 1. The first-order chi connectivity index (χ1) is 10.1. The Balaban J connectivity index is 1.65. The zero-order chi connectivity index (χ0) is 14.8.